The number of hydrogen-bond donors (Lipinski definition) is 2. The molecule has 35 heavy (non-hydrogen) atoms. The molecule has 0 amide bonds. The smallest absolute Gasteiger partial charge is 0.264 e. The summed E-state index contributed by atoms with van der Waals surface area (Å²) in [5.74, 6) is 3.32. The number of ether oxygens (including phenoxy) is 1. The van der Waals surface area contributed by atoms with Crippen LogP contribution in [0.15, 0.2) is 53.8 Å². The minimum Gasteiger partial charge on any atom is -0.480 e. The molecule has 3 heterocycles. The molecule has 12 heteroatoms. The van der Waals surface area contributed by atoms with E-state index in [-0.39, 0.29) is 11.6 Å². The molecule has 180 valence electrons. The number of nitrogens with one attached hydrogen (secondary N) is 1. The van der Waals surface area contributed by atoms with Gasteiger partial charge in [-0.1, -0.05) is 11.8 Å². The molecule has 0 spiro atoms. The Morgan fingerprint density at radius 1 is 1.17 bits per heavy atom. The first kappa shape index (κ1) is 24.1. The van der Waals surface area contributed by atoms with E-state index in [1.54, 1.807) is 26.1 Å². The number of aliphatic hydroxyl groups is 1. The lowest BCUT2D eigenvalue weighted by Crippen LogP contribution is -2.16. The van der Waals surface area contributed by atoms with Gasteiger partial charge in [0.15, 0.2) is 5.65 Å². The van der Waals surface area contributed by atoms with Gasteiger partial charge in [0.25, 0.3) is 10.0 Å². The summed E-state index contributed by atoms with van der Waals surface area (Å²) in [6.07, 6.45) is 4.56. The third kappa shape index (κ3) is 5.21. The van der Waals surface area contributed by atoms with Crippen LogP contribution >= 0.6 is 0 Å². The van der Waals surface area contributed by atoms with Gasteiger partial charge in [-0.15, -0.1) is 0 Å². The average Bonchev–Trinajstić information content (AvgIpc) is 3.19. The van der Waals surface area contributed by atoms with Crippen LogP contribution in [0.3, 0.4) is 0 Å². The van der Waals surface area contributed by atoms with E-state index in [4.69, 9.17) is 4.74 Å². The van der Waals surface area contributed by atoms with Gasteiger partial charge >= 0.3 is 0 Å². The van der Waals surface area contributed by atoms with Crippen molar-refractivity contribution in [1.82, 2.24) is 19.6 Å². The number of pyridine rings is 1. The molecule has 3 aromatic heterocycles. The summed E-state index contributed by atoms with van der Waals surface area (Å²) in [5, 5.41) is 14.0. The topological polar surface area (TPSA) is 119 Å². The number of nitrogens with zero attached hydrogens (tertiary/aromatic N) is 4. The summed E-state index contributed by atoms with van der Waals surface area (Å²) in [6.45, 7) is 3.10. The van der Waals surface area contributed by atoms with Crippen molar-refractivity contribution >= 4 is 21.4 Å². The largest absolute Gasteiger partial charge is 0.480 e. The molecule has 4 rings (SSSR count). The third-order valence-corrected chi connectivity index (χ3v) is 6.04. The van der Waals surface area contributed by atoms with Crippen LogP contribution in [0.5, 0.6) is 5.88 Å². The van der Waals surface area contributed by atoms with Gasteiger partial charge in [0.2, 0.25) is 5.88 Å². The molecule has 0 unspecified atom stereocenters. The number of methoxy groups -OCH3 is 1. The second-order valence-electron chi connectivity index (χ2n) is 7.91. The first-order valence-corrected chi connectivity index (χ1v) is 11.6. The molecule has 0 radical (unpaired) electrons. The van der Waals surface area contributed by atoms with E-state index >= 15 is 0 Å². The van der Waals surface area contributed by atoms with Crippen molar-refractivity contribution in [3.63, 3.8) is 0 Å². The van der Waals surface area contributed by atoms with Gasteiger partial charge in [0.05, 0.1) is 24.6 Å². The van der Waals surface area contributed by atoms with Crippen LogP contribution in [0.4, 0.5) is 14.5 Å². The zero-order chi connectivity index (χ0) is 25.4. The summed E-state index contributed by atoms with van der Waals surface area (Å²) in [5.41, 5.74) is 0.419. The van der Waals surface area contributed by atoms with Crippen LogP contribution in [0, 0.1) is 23.5 Å². The maximum Gasteiger partial charge on any atom is 0.264 e. The number of benzene rings is 1. The van der Waals surface area contributed by atoms with Gasteiger partial charge in [0.1, 0.15) is 27.8 Å². The molecule has 0 aliphatic heterocycles. The Morgan fingerprint density at radius 2 is 1.94 bits per heavy atom. The Morgan fingerprint density at radius 3 is 2.63 bits per heavy atom. The molecule has 0 aliphatic carbocycles. The molecule has 0 bridgehead atoms. The molecule has 0 saturated carbocycles. The SMILES string of the molecule is COc1ncc(-c2ccn3ncc(C#CC(C)(C)O)c3n2)cc1NS(=O)(=O)c1ccc(F)cc1F. The minimum atomic E-state index is -4.43. The zero-order valence-electron chi connectivity index (χ0n) is 18.7. The molecular formula is C23H19F2N5O4S. The highest BCUT2D eigenvalue weighted by molar-refractivity contribution is 7.92. The van der Waals surface area contributed by atoms with E-state index in [9.17, 15) is 22.3 Å². The zero-order valence-corrected chi connectivity index (χ0v) is 19.6. The fourth-order valence-corrected chi connectivity index (χ4v) is 4.17. The van der Waals surface area contributed by atoms with Crippen molar-refractivity contribution in [3.8, 4) is 29.0 Å². The second-order valence-corrected chi connectivity index (χ2v) is 9.56. The minimum absolute atomic E-state index is 0.0676. The predicted molar refractivity (Wildman–Crippen MR) is 123 cm³/mol. The highest BCUT2D eigenvalue weighted by Gasteiger charge is 2.22. The number of sulfonamides is 1. The Kier molecular flexibility index (Phi) is 6.14. The first-order valence-electron chi connectivity index (χ1n) is 10.1. The molecule has 0 atom stereocenters. The van der Waals surface area contributed by atoms with E-state index in [1.807, 2.05) is 0 Å². The van der Waals surface area contributed by atoms with Gasteiger partial charge in [0, 0.05) is 24.0 Å². The summed E-state index contributed by atoms with van der Waals surface area (Å²) < 4.78 is 61.7. The normalized spacial score (nSPS) is 11.7. The first-order chi connectivity index (χ1) is 16.5. The van der Waals surface area contributed by atoms with Crippen molar-refractivity contribution < 1.29 is 27.0 Å². The maximum absolute atomic E-state index is 14.1. The van der Waals surface area contributed by atoms with Crippen LogP contribution in [0.1, 0.15) is 19.4 Å². The number of aromatic nitrogens is 4. The van der Waals surface area contributed by atoms with E-state index < -0.39 is 32.2 Å². The van der Waals surface area contributed by atoms with Crippen LogP contribution in [0.25, 0.3) is 16.9 Å². The maximum atomic E-state index is 14.1. The van der Waals surface area contributed by atoms with Crippen LogP contribution in [0.2, 0.25) is 0 Å². The van der Waals surface area contributed by atoms with Gasteiger partial charge < -0.3 is 9.84 Å². The van der Waals surface area contributed by atoms with Gasteiger partial charge in [-0.3, -0.25) is 4.72 Å². The molecule has 4 aromatic rings. The lowest BCUT2D eigenvalue weighted by molar-refractivity contribution is 0.143. The second kappa shape index (κ2) is 8.94. The van der Waals surface area contributed by atoms with Crippen molar-refractivity contribution in [2.75, 3.05) is 11.8 Å². The van der Waals surface area contributed by atoms with E-state index in [0.717, 1.165) is 12.1 Å². The van der Waals surface area contributed by atoms with Crippen molar-refractivity contribution in [2.45, 2.75) is 24.3 Å². The van der Waals surface area contributed by atoms with E-state index in [1.165, 1.54) is 30.1 Å². The van der Waals surface area contributed by atoms with Gasteiger partial charge in [-0.05, 0) is 38.1 Å². The number of hydrogen-bond acceptors (Lipinski definition) is 7. The summed E-state index contributed by atoms with van der Waals surface area (Å²) in [6, 6.07) is 5.19. The average molecular weight is 499 g/mol. The molecule has 9 nitrogen and oxygen atoms in total. The highest BCUT2D eigenvalue weighted by atomic mass is 32.2. The van der Waals surface area contributed by atoms with Gasteiger partial charge in [-0.2, -0.15) is 5.10 Å². The van der Waals surface area contributed by atoms with Gasteiger partial charge in [-0.25, -0.2) is 31.7 Å². The van der Waals surface area contributed by atoms with Crippen molar-refractivity contribution in [3.05, 3.63) is 66.1 Å². The monoisotopic (exact) mass is 499 g/mol. The molecule has 2 N–H and O–H groups in total. The molecular weight excluding hydrogens is 480 g/mol. The molecule has 0 fully saturated rings. The lowest BCUT2D eigenvalue weighted by atomic mass is 10.1. The lowest BCUT2D eigenvalue weighted by Gasteiger charge is -2.13. The van der Waals surface area contributed by atoms with Crippen LogP contribution in [-0.4, -0.2) is 45.8 Å². The highest BCUT2D eigenvalue weighted by Crippen LogP contribution is 2.30. The molecule has 1 aromatic carbocycles. The fraction of sp³-hybridized carbons (Fsp3) is 0.174. The van der Waals surface area contributed by atoms with E-state index in [2.05, 4.69) is 31.6 Å². The summed E-state index contributed by atoms with van der Waals surface area (Å²) in [7, 11) is -3.14. The standard InChI is InChI=1S/C23H19F2N5O4S/c1-23(2,31)8-6-14-13-27-30-9-7-18(28-21(14)30)15-10-19(22(34-3)26-12-15)29-35(32,33)20-5-4-16(24)11-17(20)25/h4-5,7,9-13,29,31H,1-3H3. The molecule has 0 aliphatic rings. The Labute approximate surface area is 199 Å². The molecule has 0 saturated heterocycles. The Bertz CT molecular complexity index is 1600. The van der Waals surface area contributed by atoms with Crippen LogP contribution in [-0.2, 0) is 10.0 Å². The fourth-order valence-electron chi connectivity index (χ4n) is 3.06. The quantitative estimate of drug-likeness (QED) is 0.405. The summed E-state index contributed by atoms with van der Waals surface area (Å²) >= 11 is 0. The van der Waals surface area contributed by atoms with Crippen molar-refractivity contribution in [1.29, 1.82) is 0 Å². The Balaban J connectivity index is 1.75. The predicted octanol–water partition coefficient (Wildman–Crippen LogP) is 3.00. The summed E-state index contributed by atoms with van der Waals surface area (Å²) in [4.78, 5) is 7.92. The van der Waals surface area contributed by atoms with Crippen molar-refractivity contribution in [2.24, 2.45) is 0 Å². The number of anilines is 1. The number of halogens is 2. The van der Waals surface area contributed by atoms with E-state index in [0.29, 0.717) is 28.5 Å². The third-order valence-electron chi connectivity index (χ3n) is 4.64. The Hall–Kier alpha value is -4.08. The number of rotatable bonds is 5. The van der Waals surface area contributed by atoms with Crippen LogP contribution < -0.4 is 9.46 Å². The number of fused-ring (bicyclic) bond motifs is 1.